The summed E-state index contributed by atoms with van der Waals surface area (Å²) < 4.78 is 0. The Morgan fingerprint density at radius 1 is 1.36 bits per heavy atom. The van der Waals surface area contributed by atoms with E-state index < -0.39 is 0 Å². The predicted molar refractivity (Wildman–Crippen MR) is 59.5 cm³/mol. The van der Waals surface area contributed by atoms with Crippen molar-refractivity contribution in [2.75, 3.05) is 0 Å². The summed E-state index contributed by atoms with van der Waals surface area (Å²) in [6.07, 6.45) is 11.2. The lowest BCUT2D eigenvalue weighted by molar-refractivity contribution is 0.579. The molecule has 1 atom stereocenters. The molecule has 14 heavy (non-hydrogen) atoms. The van der Waals surface area contributed by atoms with Gasteiger partial charge in [-0.3, -0.25) is 4.98 Å². The van der Waals surface area contributed by atoms with E-state index in [1.54, 1.807) is 6.20 Å². The number of pyridine rings is 1. The molecule has 0 fully saturated rings. The molecule has 0 bridgehead atoms. The highest BCUT2D eigenvalue weighted by molar-refractivity contribution is 6.30. The highest BCUT2D eigenvalue weighted by atomic mass is 35.5. The molecule has 1 heterocycles. The van der Waals surface area contributed by atoms with Crippen LogP contribution in [0.4, 0.5) is 0 Å². The Morgan fingerprint density at radius 3 is 2.79 bits per heavy atom. The molecule has 2 heteroatoms. The summed E-state index contributed by atoms with van der Waals surface area (Å²) in [5, 5.41) is 0.688. The van der Waals surface area contributed by atoms with Gasteiger partial charge in [0.1, 0.15) is 0 Å². The topological polar surface area (TPSA) is 12.9 Å². The second-order valence-electron chi connectivity index (χ2n) is 3.77. The van der Waals surface area contributed by atoms with E-state index in [0.717, 1.165) is 12.1 Å². The van der Waals surface area contributed by atoms with Crippen LogP contribution in [0.3, 0.4) is 0 Å². The predicted octanol–water partition coefficient (Wildman–Crippen LogP) is 3.51. The first-order valence-corrected chi connectivity index (χ1v) is 5.05. The van der Waals surface area contributed by atoms with Gasteiger partial charge in [-0.25, -0.2) is 0 Å². The highest BCUT2D eigenvalue weighted by Gasteiger charge is 2.24. The number of aromatic nitrogens is 1. The van der Waals surface area contributed by atoms with Crippen molar-refractivity contribution in [2.24, 2.45) is 0 Å². The molecule has 0 aliphatic heterocycles. The Bertz CT molecular complexity index is 378. The van der Waals surface area contributed by atoms with Crippen molar-refractivity contribution in [3.63, 3.8) is 0 Å². The van der Waals surface area contributed by atoms with Crippen LogP contribution in [0.2, 0.25) is 5.02 Å². The van der Waals surface area contributed by atoms with Gasteiger partial charge in [0.15, 0.2) is 0 Å². The molecular formula is C12H12ClN. The summed E-state index contributed by atoms with van der Waals surface area (Å²) in [4.78, 5) is 4.36. The lowest BCUT2D eigenvalue weighted by atomic mass is 9.80. The highest BCUT2D eigenvalue weighted by Crippen LogP contribution is 2.30. The molecule has 0 amide bonds. The van der Waals surface area contributed by atoms with Crippen LogP contribution in [-0.2, 0) is 5.41 Å². The molecule has 0 saturated carbocycles. The van der Waals surface area contributed by atoms with E-state index in [9.17, 15) is 0 Å². The van der Waals surface area contributed by atoms with E-state index in [0.29, 0.717) is 5.02 Å². The number of hydrogen-bond acceptors (Lipinski definition) is 1. The zero-order valence-electron chi connectivity index (χ0n) is 8.07. The van der Waals surface area contributed by atoms with Gasteiger partial charge in [-0.2, -0.15) is 0 Å². The minimum atomic E-state index is 0.0271. The summed E-state index contributed by atoms with van der Waals surface area (Å²) in [6.45, 7) is 2.18. The van der Waals surface area contributed by atoms with E-state index >= 15 is 0 Å². The molecule has 0 N–H and O–H groups in total. The molecular weight excluding hydrogens is 194 g/mol. The third-order valence-corrected chi connectivity index (χ3v) is 2.79. The fourth-order valence-electron chi connectivity index (χ4n) is 1.63. The lowest BCUT2D eigenvalue weighted by Crippen LogP contribution is -2.20. The standard InChI is InChI=1S/C12H12ClN/c1-12(7-3-2-4-8-12)11-6-5-10(13)9-14-11/h2-7,9H,8H2,1H3/t12-/m1/s1. The van der Waals surface area contributed by atoms with Gasteiger partial charge in [-0.1, -0.05) is 42.8 Å². The van der Waals surface area contributed by atoms with Gasteiger partial charge in [0.25, 0.3) is 0 Å². The molecule has 1 aliphatic carbocycles. The summed E-state index contributed by atoms with van der Waals surface area (Å²) in [5.41, 5.74) is 1.10. The molecule has 72 valence electrons. The molecule has 0 radical (unpaired) electrons. The van der Waals surface area contributed by atoms with Crippen LogP contribution in [-0.4, -0.2) is 4.98 Å². The molecule has 2 rings (SSSR count). The Balaban J connectivity index is 2.34. The maximum absolute atomic E-state index is 5.80. The van der Waals surface area contributed by atoms with Gasteiger partial charge in [-0.05, 0) is 18.6 Å². The molecule has 1 aromatic rings. The van der Waals surface area contributed by atoms with Crippen LogP contribution in [0.1, 0.15) is 19.0 Å². The summed E-state index contributed by atoms with van der Waals surface area (Å²) in [5.74, 6) is 0. The third-order valence-electron chi connectivity index (χ3n) is 2.57. The number of rotatable bonds is 1. The van der Waals surface area contributed by atoms with E-state index in [4.69, 9.17) is 11.6 Å². The Labute approximate surface area is 89.1 Å². The molecule has 0 saturated heterocycles. The van der Waals surface area contributed by atoms with Crippen LogP contribution < -0.4 is 0 Å². The van der Waals surface area contributed by atoms with Gasteiger partial charge in [0.2, 0.25) is 0 Å². The fraction of sp³-hybridized carbons (Fsp3) is 0.250. The second-order valence-corrected chi connectivity index (χ2v) is 4.21. The number of halogens is 1. The minimum Gasteiger partial charge on any atom is -0.259 e. The SMILES string of the molecule is C[C@@]1(c2ccc(Cl)cn2)C=CC=CC1. The normalized spacial score (nSPS) is 25.3. The number of allylic oxidation sites excluding steroid dienone is 4. The Kier molecular flexibility index (Phi) is 2.42. The van der Waals surface area contributed by atoms with Crippen molar-refractivity contribution in [2.45, 2.75) is 18.8 Å². The van der Waals surface area contributed by atoms with E-state index in [1.807, 2.05) is 12.1 Å². The van der Waals surface area contributed by atoms with Crippen molar-refractivity contribution < 1.29 is 0 Å². The zero-order chi connectivity index (χ0) is 10.0. The van der Waals surface area contributed by atoms with Gasteiger partial charge >= 0.3 is 0 Å². The maximum atomic E-state index is 5.80. The lowest BCUT2D eigenvalue weighted by Gasteiger charge is -2.25. The van der Waals surface area contributed by atoms with Crippen LogP contribution in [0.15, 0.2) is 42.6 Å². The summed E-state index contributed by atoms with van der Waals surface area (Å²) in [7, 11) is 0. The smallest absolute Gasteiger partial charge is 0.0589 e. The van der Waals surface area contributed by atoms with Crippen LogP contribution in [0.25, 0.3) is 0 Å². The van der Waals surface area contributed by atoms with E-state index in [1.165, 1.54) is 0 Å². The fourth-order valence-corrected chi connectivity index (χ4v) is 1.74. The van der Waals surface area contributed by atoms with E-state index in [2.05, 4.69) is 36.2 Å². The molecule has 0 unspecified atom stereocenters. The van der Waals surface area contributed by atoms with Gasteiger partial charge < -0.3 is 0 Å². The van der Waals surface area contributed by atoms with Crippen LogP contribution >= 0.6 is 11.6 Å². The molecule has 1 aliphatic rings. The Morgan fingerprint density at radius 2 is 2.21 bits per heavy atom. The van der Waals surface area contributed by atoms with Gasteiger partial charge in [0, 0.05) is 11.6 Å². The Hall–Kier alpha value is -1.08. The second kappa shape index (κ2) is 3.58. The average molecular weight is 206 g/mol. The maximum Gasteiger partial charge on any atom is 0.0589 e. The van der Waals surface area contributed by atoms with Crippen molar-refractivity contribution >= 4 is 11.6 Å². The zero-order valence-corrected chi connectivity index (χ0v) is 8.83. The first kappa shape index (κ1) is 9.47. The minimum absolute atomic E-state index is 0.0271. The largest absolute Gasteiger partial charge is 0.259 e. The molecule has 1 nitrogen and oxygen atoms in total. The van der Waals surface area contributed by atoms with Crippen molar-refractivity contribution in [3.8, 4) is 0 Å². The molecule has 0 aromatic carbocycles. The third kappa shape index (κ3) is 1.73. The average Bonchev–Trinajstić information content (AvgIpc) is 2.19. The quantitative estimate of drug-likeness (QED) is 0.684. The van der Waals surface area contributed by atoms with Crippen molar-refractivity contribution in [1.82, 2.24) is 4.98 Å². The van der Waals surface area contributed by atoms with Crippen molar-refractivity contribution in [1.29, 1.82) is 0 Å². The van der Waals surface area contributed by atoms with Gasteiger partial charge in [0.05, 0.1) is 10.7 Å². The molecule has 1 aromatic heterocycles. The monoisotopic (exact) mass is 205 g/mol. The summed E-state index contributed by atoms with van der Waals surface area (Å²) in [6, 6.07) is 3.88. The first-order valence-electron chi connectivity index (χ1n) is 4.67. The first-order chi connectivity index (χ1) is 6.71. The van der Waals surface area contributed by atoms with Crippen molar-refractivity contribution in [3.05, 3.63) is 53.4 Å². The number of nitrogens with zero attached hydrogens (tertiary/aromatic N) is 1. The van der Waals surface area contributed by atoms with Crippen LogP contribution in [0.5, 0.6) is 0 Å². The summed E-state index contributed by atoms with van der Waals surface area (Å²) >= 11 is 5.80. The van der Waals surface area contributed by atoms with Gasteiger partial charge in [-0.15, -0.1) is 0 Å². The number of hydrogen-bond donors (Lipinski definition) is 0. The molecule has 0 spiro atoms. The van der Waals surface area contributed by atoms with Crippen LogP contribution in [0, 0.1) is 0 Å². The van der Waals surface area contributed by atoms with E-state index in [-0.39, 0.29) is 5.41 Å².